The van der Waals surface area contributed by atoms with E-state index in [4.69, 9.17) is 5.73 Å². The van der Waals surface area contributed by atoms with E-state index in [1.807, 2.05) is 0 Å². The zero-order valence-corrected chi connectivity index (χ0v) is 12.2. The first kappa shape index (κ1) is 15.5. The molecule has 18 heavy (non-hydrogen) atoms. The third kappa shape index (κ3) is 4.60. The Kier molecular flexibility index (Phi) is 6.69. The first-order valence-corrected chi connectivity index (χ1v) is 7.57. The van der Waals surface area contributed by atoms with Gasteiger partial charge in [-0.2, -0.15) is 0 Å². The summed E-state index contributed by atoms with van der Waals surface area (Å²) in [6.45, 7) is 7.27. The molecule has 1 fully saturated rings. The number of nitrogens with two attached hydrogens (primary N) is 1. The SMILES string of the molecule is CCC(CC(=O)NC1CCCCC1CN)C(C)C. The van der Waals surface area contributed by atoms with Crippen molar-refractivity contribution in [3.8, 4) is 0 Å². The van der Waals surface area contributed by atoms with Crippen molar-refractivity contribution in [3.63, 3.8) is 0 Å². The second kappa shape index (κ2) is 7.78. The van der Waals surface area contributed by atoms with Crippen LogP contribution in [0.25, 0.3) is 0 Å². The van der Waals surface area contributed by atoms with Gasteiger partial charge >= 0.3 is 0 Å². The number of hydrogen-bond donors (Lipinski definition) is 2. The lowest BCUT2D eigenvalue weighted by Crippen LogP contribution is -2.45. The highest BCUT2D eigenvalue weighted by molar-refractivity contribution is 5.76. The maximum atomic E-state index is 12.1. The minimum Gasteiger partial charge on any atom is -0.353 e. The lowest BCUT2D eigenvalue weighted by molar-refractivity contribution is -0.123. The van der Waals surface area contributed by atoms with Gasteiger partial charge in [-0.25, -0.2) is 0 Å². The van der Waals surface area contributed by atoms with Crippen LogP contribution in [0.2, 0.25) is 0 Å². The molecule has 3 nitrogen and oxygen atoms in total. The van der Waals surface area contributed by atoms with Crippen LogP contribution in [0.4, 0.5) is 0 Å². The van der Waals surface area contributed by atoms with Crippen molar-refractivity contribution in [2.45, 2.75) is 65.3 Å². The Hall–Kier alpha value is -0.570. The fourth-order valence-electron chi connectivity index (χ4n) is 3.04. The number of carbonyl (C=O) groups is 1. The molecule has 1 aliphatic rings. The molecule has 0 saturated heterocycles. The molecule has 1 amide bonds. The highest BCUT2D eigenvalue weighted by atomic mass is 16.1. The van der Waals surface area contributed by atoms with Crippen LogP contribution in [0, 0.1) is 17.8 Å². The molecular weight excluding hydrogens is 224 g/mol. The van der Waals surface area contributed by atoms with Gasteiger partial charge in [-0.15, -0.1) is 0 Å². The van der Waals surface area contributed by atoms with Gasteiger partial charge in [-0.3, -0.25) is 4.79 Å². The van der Waals surface area contributed by atoms with E-state index in [1.54, 1.807) is 0 Å². The van der Waals surface area contributed by atoms with Crippen LogP contribution in [-0.2, 0) is 4.79 Å². The molecule has 106 valence electrons. The van der Waals surface area contributed by atoms with Gasteiger partial charge in [0.15, 0.2) is 0 Å². The minimum absolute atomic E-state index is 0.223. The normalized spacial score (nSPS) is 26.1. The molecule has 0 aromatic heterocycles. The van der Waals surface area contributed by atoms with Crippen molar-refractivity contribution in [2.75, 3.05) is 6.54 Å². The Labute approximate surface area is 112 Å². The molecule has 0 spiro atoms. The average Bonchev–Trinajstić information content (AvgIpc) is 2.36. The number of hydrogen-bond acceptors (Lipinski definition) is 2. The van der Waals surface area contributed by atoms with Crippen LogP contribution in [0.1, 0.15) is 59.3 Å². The molecule has 0 aromatic rings. The maximum absolute atomic E-state index is 12.1. The van der Waals surface area contributed by atoms with Gasteiger partial charge in [0, 0.05) is 12.5 Å². The zero-order valence-electron chi connectivity index (χ0n) is 12.2. The molecule has 3 N–H and O–H groups in total. The second-order valence-corrected chi connectivity index (χ2v) is 6.07. The predicted molar refractivity (Wildman–Crippen MR) is 76.2 cm³/mol. The minimum atomic E-state index is 0.223. The van der Waals surface area contributed by atoms with Crippen LogP contribution in [0.15, 0.2) is 0 Å². The molecule has 1 rings (SSSR count). The Morgan fingerprint density at radius 1 is 1.33 bits per heavy atom. The van der Waals surface area contributed by atoms with Crippen LogP contribution in [-0.4, -0.2) is 18.5 Å². The number of carbonyl (C=O) groups excluding carboxylic acids is 1. The van der Waals surface area contributed by atoms with Gasteiger partial charge in [0.25, 0.3) is 0 Å². The Morgan fingerprint density at radius 3 is 2.56 bits per heavy atom. The summed E-state index contributed by atoms with van der Waals surface area (Å²) in [6, 6.07) is 0.320. The lowest BCUT2D eigenvalue weighted by atomic mass is 9.84. The molecule has 0 heterocycles. The maximum Gasteiger partial charge on any atom is 0.220 e. The van der Waals surface area contributed by atoms with E-state index in [0.29, 0.717) is 36.8 Å². The van der Waals surface area contributed by atoms with Gasteiger partial charge in [0.1, 0.15) is 0 Å². The largest absolute Gasteiger partial charge is 0.353 e. The van der Waals surface area contributed by atoms with Crippen LogP contribution >= 0.6 is 0 Å². The fraction of sp³-hybridized carbons (Fsp3) is 0.933. The standard InChI is InChI=1S/C15H30N2O/c1-4-12(11(2)3)9-15(18)17-14-8-6-5-7-13(14)10-16/h11-14H,4-10,16H2,1-3H3,(H,17,18). The van der Waals surface area contributed by atoms with Crippen molar-refractivity contribution in [1.29, 1.82) is 0 Å². The summed E-state index contributed by atoms with van der Waals surface area (Å²) in [6.07, 6.45) is 6.51. The smallest absolute Gasteiger partial charge is 0.220 e. The van der Waals surface area contributed by atoms with Crippen molar-refractivity contribution < 1.29 is 4.79 Å². The van der Waals surface area contributed by atoms with E-state index in [1.165, 1.54) is 19.3 Å². The number of rotatable bonds is 6. The van der Waals surface area contributed by atoms with Gasteiger partial charge in [0.2, 0.25) is 5.91 Å². The van der Waals surface area contributed by atoms with Crippen LogP contribution in [0.3, 0.4) is 0 Å². The van der Waals surface area contributed by atoms with Crippen molar-refractivity contribution >= 4 is 5.91 Å². The third-order valence-corrected chi connectivity index (χ3v) is 4.47. The van der Waals surface area contributed by atoms with Gasteiger partial charge in [-0.1, -0.05) is 40.0 Å². The van der Waals surface area contributed by atoms with E-state index in [2.05, 4.69) is 26.1 Å². The molecule has 0 bridgehead atoms. The van der Waals surface area contributed by atoms with Crippen molar-refractivity contribution in [3.05, 3.63) is 0 Å². The summed E-state index contributed by atoms with van der Waals surface area (Å²) >= 11 is 0. The molecule has 3 atom stereocenters. The average molecular weight is 254 g/mol. The Balaban J connectivity index is 2.42. The third-order valence-electron chi connectivity index (χ3n) is 4.47. The van der Waals surface area contributed by atoms with Crippen LogP contribution < -0.4 is 11.1 Å². The van der Waals surface area contributed by atoms with Crippen LogP contribution in [0.5, 0.6) is 0 Å². The Morgan fingerprint density at radius 2 is 2.00 bits per heavy atom. The monoisotopic (exact) mass is 254 g/mol. The first-order chi connectivity index (χ1) is 8.58. The molecular formula is C15H30N2O. The zero-order chi connectivity index (χ0) is 13.5. The predicted octanol–water partition coefficient (Wildman–Crippen LogP) is 2.69. The van der Waals surface area contributed by atoms with E-state index >= 15 is 0 Å². The van der Waals surface area contributed by atoms with E-state index in [0.717, 1.165) is 12.8 Å². The summed E-state index contributed by atoms with van der Waals surface area (Å²) in [5, 5.41) is 3.22. The molecule has 0 aliphatic heterocycles. The Bertz CT molecular complexity index is 253. The topological polar surface area (TPSA) is 55.1 Å². The summed E-state index contributed by atoms with van der Waals surface area (Å²) < 4.78 is 0. The molecule has 0 radical (unpaired) electrons. The van der Waals surface area contributed by atoms with Crippen molar-refractivity contribution in [2.24, 2.45) is 23.5 Å². The van der Waals surface area contributed by atoms with Gasteiger partial charge in [-0.05, 0) is 37.1 Å². The molecule has 3 heteroatoms. The fourth-order valence-corrected chi connectivity index (χ4v) is 3.04. The summed E-state index contributed by atoms with van der Waals surface area (Å²) in [4.78, 5) is 12.1. The summed E-state index contributed by atoms with van der Waals surface area (Å²) in [7, 11) is 0. The molecule has 1 saturated carbocycles. The van der Waals surface area contributed by atoms with Crippen molar-refractivity contribution in [1.82, 2.24) is 5.32 Å². The molecule has 0 aromatic carbocycles. The second-order valence-electron chi connectivity index (χ2n) is 6.07. The highest BCUT2D eigenvalue weighted by Crippen LogP contribution is 2.24. The van der Waals surface area contributed by atoms with Gasteiger partial charge in [0.05, 0.1) is 0 Å². The summed E-state index contributed by atoms with van der Waals surface area (Å²) in [5.41, 5.74) is 5.79. The van der Waals surface area contributed by atoms with E-state index in [-0.39, 0.29) is 5.91 Å². The first-order valence-electron chi connectivity index (χ1n) is 7.57. The molecule has 3 unspecified atom stereocenters. The summed E-state index contributed by atoms with van der Waals surface area (Å²) in [5.74, 6) is 1.80. The highest BCUT2D eigenvalue weighted by Gasteiger charge is 2.26. The number of amides is 1. The molecule has 1 aliphatic carbocycles. The van der Waals surface area contributed by atoms with E-state index in [9.17, 15) is 4.79 Å². The number of nitrogens with one attached hydrogen (secondary N) is 1. The quantitative estimate of drug-likeness (QED) is 0.765. The van der Waals surface area contributed by atoms with E-state index < -0.39 is 0 Å². The lowest BCUT2D eigenvalue weighted by Gasteiger charge is -2.32. The van der Waals surface area contributed by atoms with Gasteiger partial charge < -0.3 is 11.1 Å².